The van der Waals surface area contributed by atoms with Crippen molar-refractivity contribution in [3.63, 3.8) is 0 Å². The van der Waals surface area contributed by atoms with Gasteiger partial charge in [0.05, 0.1) is 19.8 Å². The molecule has 16 heavy (non-hydrogen) atoms. The van der Waals surface area contributed by atoms with Crippen molar-refractivity contribution in [1.82, 2.24) is 5.32 Å². The third-order valence-corrected chi connectivity index (χ3v) is 3.74. The molecule has 1 atom stereocenters. The van der Waals surface area contributed by atoms with Crippen LogP contribution in [0.1, 0.15) is 11.8 Å². The van der Waals surface area contributed by atoms with Crippen LogP contribution in [0.5, 0.6) is 0 Å². The Bertz CT molecular complexity index is 293. The molecule has 0 aromatic carbocycles. The molecular weight excluding hydrogens is 290 g/mol. The monoisotopic (exact) mass is 307 g/mol. The van der Waals surface area contributed by atoms with Crippen molar-refractivity contribution in [2.75, 3.05) is 26.9 Å². The highest BCUT2D eigenvalue weighted by molar-refractivity contribution is 9.10. The summed E-state index contributed by atoms with van der Waals surface area (Å²) in [6, 6.07) is 2.49. The maximum Gasteiger partial charge on any atom is 0.0701 e. The van der Waals surface area contributed by atoms with E-state index in [0.717, 1.165) is 17.6 Å². The van der Waals surface area contributed by atoms with Gasteiger partial charge in [0.2, 0.25) is 0 Å². The summed E-state index contributed by atoms with van der Waals surface area (Å²) in [5, 5.41) is 5.51. The van der Waals surface area contributed by atoms with Crippen LogP contribution in [0.2, 0.25) is 0 Å². The predicted molar refractivity (Wildman–Crippen MR) is 71.0 cm³/mol. The van der Waals surface area contributed by atoms with Gasteiger partial charge in [-0.2, -0.15) is 0 Å². The highest BCUT2D eigenvalue weighted by Gasteiger charge is 2.03. The van der Waals surface area contributed by atoms with E-state index in [-0.39, 0.29) is 0 Å². The van der Waals surface area contributed by atoms with Crippen LogP contribution in [0.4, 0.5) is 0 Å². The predicted octanol–water partition coefficient (Wildman–Crippen LogP) is 2.65. The molecule has 0 aliphatic carbocycles. The summed E-state index contributed by atoms with van der Waals surface area (Å²) in [5.74, 6) is 0. The summed E-state index contributed by atoms with van der Waals surface area (Å²) in [6.07, 6.45) is 0. The largest absolute Gasteiger partial charge is 0.382 e. The van der Waals surface area contributed by atoms with Gasteiger partial charge in [0, 0.05) is 34.4 Å². The van der Waals surface area contributed by atoms with Crippen molar-refractivity contribution in [3.05, 3.63) is 20.8 Å². The summed E-state index contributed by atoms with van der Waals surface area (Å²) >= 11 is 5.20. The Balaban J connectivity index is 2.08. The fraction of sp³-hybridized carbons (Fsp3) is 0.636. The normalized spacial score (nSPS) is 12.9. The summed E-state index contributed by atoms with van der Waals surface area (Å²) in [5.41, 5.74) is 0. The molecule has 1 unspecified atom stereocenters. The number of nitrogens with one attached hydrogen (secondary N) is 1. The van der Waals surface area contributed by atoms with E-state index in [2.05, 4.69) is 39.6 Å². The number of hydrogen-bond acceptors (Lipinski definition) is 4. The van der Waals surface area contributed by atoms with Crippen molar-refractivity contribution >= 4 is 27.3 Å². The van der Waals surface area contributed by atoms with Gasteiger partial charge in [0.1, 0.15) is 0 Å². The zero-order valence-electron chi connectivity index (χ0n) is 9.66. The Kier molecular flexibility index (Phi) is 7.23. The number of rotatable bonds is 8. The lowest BCUT2D eigenvalue weighted by molar-refractivity contribution is 0.0609. The lowest BCUT2D eigenvalue weighted by Crippen LogP contribution is -2.30. The highest BCUT2D eigenvalue weighted by Crippen LogP contribution is 2.19. The molecule has 1 aromatic heterocycles. The van der Waals surface area contributed by atoms with Gasteiger partial charge in [-0.1, -0.05) is 0 Å². The summed E-state index contributed by atoms with van der Waals surface area (Å²) in [6.45, 7) is 5.05. The van der Waals surface area contributed by atoms with E-state index in [4.69, 9.17) is 9.47 Å². The van der Waals surface area contributed by atoms with Gasteiger partial charge >= 0.3 is 0 Å². The van der Waals surface area contributed by atoms with Gasteiger partial charge in [0.25, 0.3) is 0 Å². The molecular formula is C11H18BrNO2S. The molecule has 1 aromatic rings. The second-order valence-corrected chi connectivity index (χ2v) is 5.49. The second kappa shape index (κ2) is 8.20. The molecule has 0 aliphatic rings. The SMILES string of the molecule is COCCOCC(C)NCc1cc(Br)cs1. The number of hydrogen-bond donors (Lipinski definition) is 1. The minimum atomic E-state index is 0.359. The molecule has 1 heterocycles. The van der Waals surface area contributed by atoms with Crippen LogP contribution in [0.3, 0.4) is 0 Å². The molecule has 0 bridgehead atoms. The van der Waals surface area contributed by atoms with Gasteiger partial charge < -0.3 is 14.8 Å². The first-order valence-corrected chi connectivity index (χ1v) is 6.92. The molecule has 5 heteroatoms. The number of ether oxygens (including phenoxy) is 2. The molecule has 3 nitrogen and oxygen atoms in total. The Morgan fingerprint density at radius 1 is 1.50 bits per heavy atom. The quantitative estimate of drug-likeness (QED) is 0.749. The summed E-state index contributed by atoms with van der Waals surface area (Å²) in [4.78, 5) is 1.33. The molecule has 0 radical (unpaired) electrons. The van der Waals surface area contributed by atoms with Gasteiger partial charge in [-0.15, -0.1) is 11.3 Å². The van der Waals surface area contributed by atoms with E-state index in [1.54, 1.807) is 18.4 Å². The lowest BCUT2D eigenvalue weighted by atomic mass is 10.3. The molecule has 1 N–H and O–H groups in total. The van der Waals surface area contributed by atoms with Crippen LogP contribution < -0.4 is 5.32 Å². The maximum atomic E-state index is 5.44. The molecule has 0 saturated carbocycles. The number of methoxy groups -OCH3 is 1. The standard InChI is InChI=1S/C11H18BrNO2S/c1-9(7-15-4-3-14-2)13-6-11-5-10(12)8-16-11/h5,8-9,13H,3-4,6-7H2,1-2H3. The van der Waals surface area contributed by atoms with Crippen molar-refractivity contribution < 1.29 is 9.47 Å². The molecule has 0 saturated heterocycles. The third kappa shape index (κ3) is 5.96. The minimum absolute atomic E-state index is 0.359. The second-order valence-electron chi connectivity index (χ2n) is 3.58. The highest BCUT2D eigenvalue weighted by atomic mass is 79.9. The fourth-order valence-corrected chi connectivity index (χ4v) is 2.58. The van der Waals surface area contributed by atoms with Crippen LogP contribution in [0.25, 0.3) is 0 Å². The van der Waals surface area contributed by atoms with E-state index in [9.17, 15) is 0 Å². The van der Waals surface area contributed by atoms with Gasteiger partial charge in [-0.25, -0.2) is 0 Å². The fourth-order valence-electron chi connectivity index (χ4n) is 1.18. The Morgan fingerprint density at radius 3 is 2.94 bits per heavy atom. The zero-order chi connectivity index (χ0) is 11.8. The third-order valence-electron chi connectivity index (χ3n) is 2.05. The first-order chi connectivity index (χ1) is 7.72. The van der Waals surface area contributed by atoms with Gasteiger partial charge in [0.15, 0.2) is 0 Å². The summed E-state index contributed by atoms with van der Waals surface area (Å²) in [7, 11) is 1.68. The Labute approximate surface area is 109 Å². The maximum absolute atomic E-state index is 5.44. The Hall–Kier alpha value is 0.0600. The average Bonchev–Trinajstić information content (AvgIpc) is 2.68. The molecule has 92 valence electrons. The van der Waals surface area contributed by atoms with Crippen LogP contribution in [0, 0.1) is 0 Å². The molecule has 1 rings (SSSR count). The lowest BCUT2D eigenvalue weighted by Gasteiger charge is -2.13. The number of thiophene rings is 1. The van der Waals surface area contributed by atoms with Crippen molar-refractivity contribution in [2.24, 2.45) is 0 Å². The minimum Gasteiger partial charge on any atom is -0.382 e. The van der Waals surface area contributed by atoms with Crippen LogP contribution in [-0.2, 0) is 16.0 Å². The molecule has 0 fully saturated rings. The molecule has 0 aliphatic heterocycles. The molecule has 0 amide bonds. The number of halogens is 1. The first kappa shape index (κ1) is 14.1. The van der Waals surface area contributed by atoms with Crippen LogP contribution in [-0.4, -0.2) is 33.0 Å². The summed E-state index contributed by atoms with van der Waals surface area (Å²) < 4.78 is 11.5. The molecule has 0 spiro atoms. The van der Waals surface area contributed by atoms with Gasteiger partial charge in [-0.3, -0.25) is 0 Å². The first-order valence-electron chi connectivity index (χ1n) is 5.25. The van der Waals surface area contributed by atoms with E-state index in [0.29, 0.717) is 19.3 Å². The average molecular weight is 308 g/mol. The van der Waals surface area contributed by atoms with E-state index < -0.39 is 0 Å². The van der Waals surface area contributed by atoms with Gasteiger partial charge in [-0.05, 0) is 28.9 Å². The van der Waals surface area contributed by atoms with Crippen LogP contribution >= 0.6 is 27.3 Å². The zero-order valence-corrected chi connectivity index (χ0v) is 12.1. The van der Waals surface area contributed by atoms with E-state index >= 15 is 0 Å². The smallest absolute Gasteiger partial charge is 0.0701 e. The van der Waals surface area contributed by atoms with Crippen molar-refractivity contribution in [3.8, 4) is 0 Å². The van der Waals surface area contributed by atoms with E-state index in [1.807, 2.05) is 0 Å². The Morgan fingerprint density at radius 2 is 2.31 bits per heavy atom. The van der Waals surface area contributed by atoms with Crippen LogP contribution in [0.15, 0.2) is 15.9 Å². The van der Waals surface area contributed by atoms with Crippen molar-refractivity contribution in [2.45, 2.75) is 19.5 Å². The van der Waals surface area contributed by atoms with Crippen molar-refractivity contribution in [1.29, 1.82) is 0 Å². The van der Waals surface area contributed by atoms with E-state index in [1.165, 1.54) is 4.88 Å². The topological polar surface area (TPSA) is 30.5 Å².